The summed E-state index contributed by atoms with van der Waals surface area (Å²) >= 11 is 5.83. The second kappa shape index (κ2) is 7.21. The number of phenolic OH excluding ortho intramolecular Hbond substituents is 1. The van der Waals surface area contributed by atoms with Crippen LogP contribution in [0.2, 0.25) is 5.02 Å². The van der Waals surface area contributed by atoms with Crippen molar-refractivity contribution in [2.75, 3.05) is 0 Å². The maximum Gasteiger partial charge on any atom is 0.342 e. The SMILES string of the molecule is C[C@@H]1CCC[C@@H](C)N1C(=O)[C@@H](C)OC(=O)c1cc(Cl)ccc1O. The van der Waals surface area contributed by atoms with Crippen LogP contribution in [0.1, 0.15) is 50.4 Å². The number of ether oxygens (including phenoxy) is 1. The van der Waals surface area contributed by atoms with Crippen LogP contribution in [0.4, 0.5) is 0 Å². The molecule has 0 radical (unpaired) electrons. The Morgan fingerprint density at radius 3 is 2.52 bits per heavy atom. The fourth-order valence-corrected chi connectivity index (χ4v) is 3.18. The number of aromatic hydroxyl groups is 1. The van der Waals surface area contributed by atoms with Crippen LogP contribution in [-0.2, 0) is 9.53 Å². The number of esters is 1. The van der Waals surface area contributed by atoms with Crippen molar-refractivity contribution >= 4 is 23.5 Å². The van der Waals surface area contributed by atoms with Crippen LogP contribution in [0.5, 0.6) is 5.75 Å². The maximum absolute atomic E-state index is 12.6. The summed E-state index contributed by atoms with van der Waals surface area (Å²) in [6.45, 7) is 5.56. The minimum absolute atomic E-state index is 0.0445. The molecule has 1 aromatic rings. The number of halogens is 1. The van der Waals surface area contributed by atoms with Gasteiger partial charge in [0.15, 0.2) is 6.10 Å². The van der Waals surface area contributed by atoms with Gasteiger partial charge >= 0.3 is 5.97 Å². The highest BCUT2D eigenvalue weighted by Gasteiger charge is 2.33. The van der Waals surface area contributed by atoms with E-state index in [4.69, 9.17) is 16.3 Å². The molecule has 1 amide bonds. The summed E-state index contributed by atoms with van der Waals surface area (Å²) in [7, 11) is 0. The molecule has 1 aromatic carbocycles. The summed E-state index contributed by atoms with van der Waals surface area (Å²) in [5.41, 5.74) is -0.0445. The van der Waals surface area contributed by atoms with Crippen LogP contribution in [0.3, 0.4) is 0 Å². The van der Waals surface area contributed by atoms with Gasteiger partial charge in [0.05, 0.1) is 0 Å². The van der Waals surface area contributed by atoms with Crippen LogP contribution in [-0.4, -0.2) is 40.1 Å². The number of phenols is 1. The Labute approximate surface area is 141 Å². The van der Waals surface area contributed by atoms with Crippen LogP contribution in [0, 0.1) is 0 Å². The summed E-state index contributed by atoms with van der Waals surface area (Å²) in [5, 5.41) is 10.0. The maximum atomic E-state index is 12.6. The van der Waals surface area contributed by atoms with Crippen LogP contribution < -0.4 is 0 Å². The van der Waals surface area contributed by atoms with E-state index in [1.807, 2.05) is 13.8 Å². The van der Waals surface area contributed by atoms with Crippen molar-refractivity contribution in [3.63, 3.8) is 0 Å². The van der Waals surface area contributed by atoms with Gasteiger partial charge in [-0.3, -0.25) is 4.79 Å². The zero-order valence-corrected chi connectivity index (χ0v) is 14.3. The first-order valence-electron chi connectivity index (χ1n) is 7.83. The standard InChI is InChI=1S/C17H22ClNO4/c1-10-5-4-6-11(2)19(10)16(21)12(3)23-17(22)14-9-13(18)7-8-15(14)20/h7-12,20H,4-6H2,1-3H3/t10-,11-,12-/m1/s1. The third kappa shape index (κ3) is 3.96. The van der Waals surface area contributed by atoms with Gasteiger partial charge in [-0.05, 0) is 58.2 Å². The molecule has 1 fully saturated rings. The van der Waals surface area contributed by atoms with E-state index in [0.29, 0.717) is 5.02 Å². The van der Waals surface area contributed by atoms with Crippen molar-refractivity contribution in [3.8, 4) is 5.75 Å². The minimum atomic E-state index is -0.913. The number of nitrogens with zero attached hydrogens (tertiary/aromatic N) is 1. The molecule has 3 atom stereocenters. The second-order valence-corrected chi connectivity index (χ2v) is 6.52. The molecular weight excluding hydrogens is 318 g/mol. The molecule has 0 bridgehead atoms. The molecule has 126 valence electrons. The van der Waals surface area contributed by atoms with E-state index < -0.39 is 12.1 Å². The number of hydrogen-bond acceptors (Lipinski definition) is 4. The Morgan fingerprint density at radius 2 is 1.91 bits per heavy atom. The summed E-state index contributed by atoms with van der Waals surface area (Å²) < 4.78 is 5.24. The highest BCUT2D eigenvalue weighted by Crippen LogP contribution is 2.25. The molecule has 0 spiro atoms. The highest BCUT2D eigenvalue weighted by molar-refractivity contribution is 6.31. The topological polar surface area (TPSA) is 66.8 Å². The Balaban J connectivity index is 2.08. The number of carbonyl (C=O) groups excluding carboxylic acids is 2. The van der Waals surface area contributed by atoms with Crippen molar-refractivity contribution < 1.29 is 19.4 Å². The zero-order valence-electron chi connectivity index (χ0n) is 13.6. The zero-order chi connectivity index (χ0) is 17.1. The first-order valence-corrected chi connectivity index (χ1v) is 8.20. The Bertz CT molecular complexity index is 594. The van der Waals surface area contributed by atoms with Crippen molar-refractivity contribution in [3.05, 3.63) is 28.8 Å². The average Bonchev–Trinajstić information content (AvgIpc) is 2.49. The van der Waals surface area contributed by atoms with Gasteiger partial charge in [0.1, 0.15) is 11.3 Å². The third-order valence-electron chi connectivity index (χ3n) is 4.26. The lowest BCUT2D eigenvalue weighted by Gasteiger charge is -2.40. The second-order valence-electron chi connectivity index (χ2n) is 6.08. The van der Waals surface area contributed by atoms with Gasteiger partial charge in [0, 0.05) is 17.1 Å². The summed E-state index contributed by atoms with van der Waals surface area (Å²) in [5.74, 6) is -1.19. The van der Waals surface area contributed by atoms with E-state index in [-0.39, 0.29) is 29.3 Å². The minimum Gasteiger partial charge on any atom is -0.507 e. The molecule has 1 aliphatic heterocycles. The molecule has 6 heteroatoms. The Morgan fingerprint density at radius 1 is 1.30 bits per heavy atom. The monoisotopic (exact) mass is 339 g/mol. The summed E-state index contributed by atoms with van der Waals surface area (Å²) in [6.07, 6.45) is 2.08. The first kappa shape index (κ1) is 17.6. The molecule has 0 unspecified atom stereocenters. The molecule has 0 aliphatic carbocycles. The average molecular weight is 340 g/mol. The number of benzene rings is 1. The van der Waals surface area contributed by atoms with E-state index in [0.717, 1.165) is 19.3 Å². The van der Waals surface area contributed by atoms with Gasteiger partial charge in [0.2, 0.25) is 0 Å². The van der Waals surface area contributed by atoms with Gasteiger partial charge < -0.3 is 14.7 Å². The quantitative estimate of drug-likeness (QED) is 0.857. The Hall–Kier alpha value is -1.75. The van der Waals surface area contributed by atoms with E-state index in [1.54, 1.807) is 11.8 Å². The predicted octanol–water partition coefficient (Wildman–Crippen LogP) is 3.38. The van der Waals surface area contributed by atoms with Crippen molar-refractivity contribution in [1.82, 2.24) is 4.90 Å². The number of likely N-dealkylation sites (tertiary alicyclic amines) is 1. The van der Waals surface area contributed by atoms with Crippen LogP contribution >= 0.6 is 11.6 Å². The first-order chi connectivity index (χ1) is 10.8. The number of amides is 1. The van der Waals surface area contributed by atoms with Crippen LogP contribution in [0.15, 0.2) is 18.2 Å². The lowest BCUT2D eigenvalue weighted by molar-refractivity contribution is -0.146. The normalized spacial score (nSPS) is 22.5. The summed E-state index contributed by atoms with van der Waals surface area (Å²) in [4.78, 5) is 26.6. The lowest BCUT2D eigenvalue weighted by atomic mass is 9.97. The Kier molecular flexibility index (Phi) is 5.52. The third-order valence-corrected chi connectivity index (χ3v) is 4.49. The predicted molar refractivity (Wildman–Crippen MR) is 87.6 cm³/mol. The molecule has 5 nitrogen and oxygen atoms in total. The number of carbonyl (C=O) groups is 2. The highest BCUT2D eigenvalue weighted by atomic mass is 35.5. The molecule has 1 N–H and O–H groups in total. The number of piperidine rings is 1. The molecule has 23 heavy (non-hydrogen) atoms. The summed E-state index contributed by atoms with van der Waals surface area (Å²) in [6, 6.07) is 4.38. The molecule has 1 saturated heterocycles. The molecule has 1 aliphatic rings. The molecule has 0 saturated carbocycles. The molecular formula is C17H22ClNO4. The van der Waals surface area contributed by atoms with E-state index >= 15 is 0 Å². The van der Waals surface area contributed by atoms with Gasteiger partial charge in [0.25, 0.3) is 5.91 Å². The largest absolute Gasteiger partial charge is 0.507 e. The van der Waals surface area contributed by atoms with Crippen molar-refractivity contribution in [2.24, 2.45) is 0 Å². The van der Waals surface area contributed by atoms with Crippen LogP contribution in [0.25, 0.3) is 0 Å². The fourth-order valence-electron chi connectivity index (χ4n) is 3.01. The van der Waals surface area contributed by atoms with Gasteiger partial charge in [-0.25, -0.2) is 4.79 Å². The molecule has 0 aromatic heterocycles. The number of rotatable bonds is 3. The fraction of sp³-hybridized carbons (Fsp3) is 0.529. The van der Waals surface area contributed by atoms with E-state index in [9.17, 15) is 14.7 Å². The van der Waals surface area contributed by atoms with Crippen molar-refractivity contribution in [2.45, 2.75) is 58.2 Å². The smallest absolute Gasteiger partial charge is 0.342 e. The van der Waals surface area contributed by atoms with Gasteiger partial charge in [-0.15, -0.1) is 0 Å². The molecule has 2 rings (SSSR count). The van der Waals surface area contributed by atoms with Crippen molar-refractivity contribution in [1.29, 1.82) is 0 Å². The number of hydrogen-bond donors (Lipinski definition) is 1. The van der Waals surface area contributed by atoms with Gasteiger partial charge in [-0.1, -0.05) is 11.6 Å². The van der Waals surface area contributed by atoms with E-state index in [1.165, 1.54) is 18.2 Å². The van der Waals surface area contributed by atoms with Gasteiger partial charge in [-0.2, -0.15) is 0 Å². The molecule has 1 heterocycles. The lowest BCUT2D eigenvalue weighted by Crippen LogP contribution is -2.51. The van der Waals surface area contributed by atoms with E-state index in [2.05, 4.69) is 0 Å².